The normalized spacial score (nSPS) is 11.6. The van der Waals surface area contributed by atoms with E-state index >= 15 is 0 Å². The molecule has 5 nitrogen and oxygen atoms in total. The van der Waals surface area contributed by atoms with Crippen LogP contribution in [-0.2, 0) is 6.54 Å². The number of carbonyl (C=O) groups excluding carboxylic acids is 1. The number of nitrogens with one attached hydrogen (secondary N) is 2. The van der Waals surface area contributed by atoms with E-state index in [9.17, 15) is 9.90 Å². The number of methoxy groups -OCH3 is 1. The van der Waals surface area contributed by atoms with E-state index in [1.54, 1.807) is 7.11 Å². The largest absolute Gasteiger partial charge is 0.496 e. The molecule has 24 heavy (non-hydrogen) atoms. The Balaban J connectivity index is 1.96. The molecule has 0 aromatic heterocycles. The van der Waals surface area contributed by atoms with Crippen molar-refractivity contribution in [1.82, 2.24) is 10.6 Å². The van der Waals surface area contributed by atoms with Gasteiger partial charge in [0, 0.05) is 18.7 Å². The maximum atomic E-state index is 12.2. The highest BCUT2D eigenvalue weighted by molar-refractivity contribution is 5.74. The Labute approximate surface area is 142 Å². The lowest BCUT2D eigenvalue weighted by Gasteiger charge is -2.19. The fourth-order valence-corrected chi connectivity index (χ4v) is 2.52. The van der Waals surface area contributed by atoms with Gasteiger partial charge in [-0.05, 0) is 30.5 Å². The third-order valence-corrected chi connectivity index (χ3v) is 3.81. The van der Waals surface area contributed by atoms with Crippen LogP contribution >= 0.6 is 0 Å². The minimum atomic E-state index is -0.278. The number of hydrogen-bond acceptors (Lipinski definition) is 3. The van der Waals surface area contributed by atoms with Gasteiger partial charge in [-0.1, -0.05) is 42.5 Å². The second-order valence-electron chi connectivity index (χ2n) is 5.62. The molecule has 2 amide bonds. The van der Waals surface area contributed by atoms with Crippen molar-refractivity contribution in [2.45, 2.75) is 25.9 Å². The van der Waals surface area contributed by atoms with Crippen molar-refractivity contribution < 1.29 is 14.6 Å². The summed E-state index contributed by atoms with van der Waals surface area (Å²) in [5, 5.41) is 15.0. The second kappa shape index (κ2) is 8.93. The van der Waals surface area contributed by atoms with Gasteiger partial charge in [0.05, 0.1) is 13.2 Å². The average Bonchev–Trinajstić information content (AvgIpc) is 2.61. The van der Waals surface area contributed by atoms with Crippen LogP contribution in [0.5, 0.6) is 5.75 Å². The molecule has 0 radical (unpaired) electrons. The quantitative estimate of drug-likeness (QED) is 0.732. The number of carbonyl (C=O) groups is 1. The number of ether oxygens (including phenoxy) is 1. The molecule has 0 fully saturated rings. The Morgan fingerprint density at radius 2 is 1.96 bits per heavy atom. The van der Waals surface area contributed by atoms with Gasteiger partial charge in [0.15, 0.2) is 0 Å². The Morgan fingerprint density at radius 1 is 1.21 bits per heavy atom. The summed E-state index contributed by atoms with van der Waals surface area (Å²) in [6, 6.07) is 15.0. The SMILES string of the molecule is COc1cc(C)ccc1CNC(=O)N[C@H](CCO)c1ccccc1. The average molecular weight is 328 g/mol. The van der Waals surface area contributed by atoms with Crippen molar-refractivity contribution in [3.63, 3.8) is 0 Å². The number of benzene rings is 2. The molecule has 0 aliphatic rings. The summed E-state index contributed by atoms with van der Waals surface area (Å²) >= 11 is 0. The van der Waals surface area contributed by atoms with Gasteiger partial charge in [-0.2, -0.15) is 0 Å². The van der Waals surface area contributed by atoms with Crippen LogP contribution in [0.3, 0.4) is 0 Å². The van der Waals surface area contributed by atoms with E-state index < -0.39 is 0 Å². The highest BCUT2D eigenvalue weighted by Crippen LogP contribution is 2.20. The monoisotopic (exact) mass is 328 g/mol. The van der Waals surface area contributed by atoms with Crippen molar-refractivity contribution in [1.29, 1.82) is 0 Å². The van der Waals surface area contributed by atoms with Crippen molar-refractivity contribution >= 4 is 6.03 Å². The molecule has 5 heteroatoms. The van der Waals surface area contributed by atoms with Gasteiger partial charge in [0.25, 0.3) is 0 Å². The summed E-state index contributed by atoms with van der Waals surface area (Å²) in [6.45, 7) is 2.37. The van der Waals surface area contributed by atoms with Gasteiger partial charge in [-0.15, -0.1) is 0 Å². The maximum Gasteiger partial charge on any atom is 0.315 e. The summed E-state index contributed by atoms with van der Waals surface area (Å²) in [4.78, 5) is 12.2. The van der Waals surface area contributed by atoms with Crippen molar-refractivity contribution in [2.75, 3.05) is 13.7 Å². The third-order valence-electron chi connectivity index (χ3n) is 3.81. The van der Waals surface area contributed by atoms with Crippen molar-refractivity contribution in [3.8, 4) is 5.75 Å². The first-order valence-electron chi connectivity index (χ1n) is 7.97. The lowest BCUT2D eigenvalue weighted by molar-refractivity contribution is 0.229. The lowest BCUT2D eigenvalue weighted by atomic mass is 10.0. The van der Waals surface area contributed by atoms with E-state index in [1.807, 2.05) is 55.5 Å². The van der Waals surface area contributed by atoms with Crippen LogP contribution < -0.4 is 15.4 Å². The first-order valence-corrected chi connectivity index (χ1v) is 7.97. The molecule has 0 spiro atoms. The Morgan fingerprint density at radius 3 is 2.62 bits per heavy atom. The molecule has 0 aliphatic carbocycles. The molecular formula is C19H24N2O3. The van der Waals surface area contributed by atoms with E-state index in [2.05, 4.69) is 10.6 Å². The van der Waals surface area contributed by atoms with Crippen LogP contribution in [0.4, 0.5) is 4.79 Å². The summed E-state index contributed by atoms with van der Waals surface area (Å²) in [7, 11) is 1.62. The van der Waals surface area contributed by atoms with Crippen LogP contribution in [0, 0.1) is 6.92 Å². The van der Waals surface area contributed by atoms with Crippen LogP contribution in [-0.4, -0.2) is 24.9 Å². The molecule has 0 saturated heterocycles. The highest BCUT2D eigenvalue weighted by Gasteiger charge is 2.14. The molecule has 3 N–H and O–H groups in total. The molecule has 2 aromatic rings. The molecular weight excluding hydrogens is 304 g/mol. The first-order chi connectivity index (χ1) is 11.6. The molecule has 128 valence electrons. The lowest BCUT2D eigenvalue weighted by Crippen LogP contribution is -2.38. The standard InChI is InChI=1S/C19H24N2O3/c1-14-8-9-16(18(12-14)24-2)13-20-19(23)21-17(10-11-22)15-6-4-3-5-7-15/h3-9,12,17,22H,10-11,13H2,1-2H3,(H2,20,21,23)/t17-/m1/s1. The number of amides is 2. The zero-order valence-electron chi connectivity index (χ0n) is 14.1. The highest BCUT2D eigenvalue weighted by atomic mass is 16.5. The summed E-state index contributed by atoms with van der Waals surface area (Å²) in [5.41, 5.74) is 2.98. The minimum Gasteiger partial charge on any atom is -0.496 e. The fourth-order valence-electron chi connectivity index (χ4n) is 2.52. The summed E-state index contributed by atoms with van der Waals surface area (Å²) in [5.74, 6) is 0.755. The number of aliphatic hydroxyl groups excluding tert-OH is 1. The van der Waals surface area contributed by atoms with Crippen LogP contribution in [0.1, 0.15) is 29.2 Å². The van der Waals surface area contributed by atoms with Crippen molar-refractivity contribution in [2.24, 2.45) is 0 Å². The number of aliphatic hydroxyl groups is 1. The third kappa shape index (κ3) is 4.99. The van der Waals surface area contributed by atoms with E-state index in [0.29, 0.717) is 13.0 Å². The molecule has 0 heterocycles. The Hall–Kier alpha value is -2.53. The topological polar surface area (TPSA) is 70.6 Å². The van der Waals surface area contributed by atoms with E-state index in [0.717, 1.165) is 22.4 Å². The summed E-state index contributed by atoms with van der Waals surface area (Å²) < 4.78 is 5.34. The van der Waals surface area contributed by atoms with Gasteiger partial charge in [-0.3, -0.25) is 0 Å². The number of aryl methyl sites for hydroxylation is 1. The Bertz CT molecular complexity index is 659. The number of hydrogen-bond donors (Lipinski definition) is 3. The number of rotatable bonds is 7. The molecule has 1 atom stereocenters. The van der Waals surface area contributed by atoms with Gasteiger partial charge in [0.2, 0.25) is 0 Å². The van der Waals surface area contributed by atoms with Crippen LogP contribution in [0.25, 0.3) is 0 Å². The fraction of sp³-hybridized carbons (Fsp3) is 0.316. The second-order valence-corrected chi connectivity index (χ2v) is 5.62. The molecule has 0 bridgehead atoms. The number of urea groups is 1. The van der Waals surface area contributed by atoms with E-state index in [4.69, 9.17) is 4.74 Å². The molecule has 0 saturated carbocycles. The first kappa shape index (κ1) is 17.8. The van der Waals surface area contributed by atoms with Gasteiger partial charge < -0.3 is 20.5 Å². The summed E-state index contributed by atoms with van der Waals surface area (Å²) in [6.07, 6.45) is 0.464. The van der Waals surface area contributed by atoms with Gasteiger partial charge in [0.1, 0.15) is 5.75 Å². The van der Waals surface area contributed by atoms with E-state index in [-0.39, 0.29) is 18.7 Å². The van der Waals surface area contributed by atoms with Gasteiger partial charge in [-0.25, -0.2) is 4.79 Å². The maximum absolute atomic E-state index is 12.2. The molecule has 0 aliphatic heterocycles. The Kier molecular flexibility index (Phi) is 6.63. The predicted octanol–water partition coefficient (Wildman–Crippen LogP) is 2.93. The minimum absolute atomic E-state index is 0.00558. The van der Waals surface area contributed by atoms with E-state index in [1.165, 1.54) is 0 Å². The van der Waals surface area contributed by atoms with Gasteiger partial charge >= 0.3 is 6.03 Å². The molecule has 0 unspecified atom stereocenters. The van der Waals surface area contributed by atoms with Crippen LogP contribution in [0.2, 0.25) is 0 Å². The molecule has 2 aromatic carbocycles. The van der Waals surface area contributed by atoms with Crippen molar-refractivity contribution in [3.05, 3.63) is 65.2 Å². The smallest absolute Gasteiger partial charge is 0.315 e. The zero-order valence-corrected chi connectivity index (χ0v) is 14.1. The molecule has 2 rings (SSSR count). The zero-order chi connectivity index (χ0) is 17.4. The predicted molar refractivity (Wildman–Crippen MR) is 94.0 cm³/mol. The van der Waals surface area contributed by atoms with Crippen LogP contribution in [0.15, 0.2) is 48.5 Å².